The number of fused-ring (bicyclic) bond motifs is 1. The molecule has 2 heteroatoms. The normalized spacial score (nSPS) is 10.9. The summed E-state index contributed by atoms with van der Waals surface area (Å²) < 4.78 is 2.23. The first-order valence-corrected chi connectivity index (χ1v) is 4.71. The second-order valence-corrected chi connectivity index (χ2v) is 3.38. The Morgan fingerprint density at radius 3 is 3.00 bits per heavy atom. The van der Waals surface area contributed by atoms with E-state index in [1.807, 2.05) is 12.4 Å². The van der Waals surface area contributed by atoms with Gasteiger partial charge in [0.1, 0.15) is 0 Å². The van der Waals surface area contributed by atoms with Crippen molar-refractivity contribution in [3.05, 3.63) is 30.2 Å². The highest BCUT2D eigenvalue weighted by molar-refractivity contribution is 5.80. The quantitative estimate of drug-likeness (QED) is 0.684. The number of rotatable bonds is 2. The predicted octanol–water partition coefficient (Wildman–Crippen LogP) is 2.53. The molecule has 0 atom stereocenters. The van der Waals surface area contributed by atoms with E-state index in [4.69, 9.17) is 0 Å². The second-order valence-electron chi connectivity index (χ2n) is 3.38. The SMILES string of the molecule is CCCc1cc2ccncc2n1C. The minimum absolute atomic E-state index is 1.14. The molecule has 0 aliphatic rings. The number of aromatic nitrogens is 2. The Labute approximate surface area is 78.2 Å². The van der Waals surface area contributed by atoms with E-state index in [-0.39, 0.29) is 0 Å². The van der Waals surface area contributed by atoms with Gasteiger partial charge in [0, 0.05) is 24.3 Å². The maximum Gasteiger partial charge on any atom is 0.0666 e. The minimum atomic E-state index is 1.14. The Balaban J connectivity index is 2.60. The van der Waals surface area contributed by atoms with Crippen LogP contribution in [0.15, 0.2) is 24.5 Å². The van der Waals surface area contributed by atoms with Crippen LogP contribution < -0.4 is 0 Å². The molecule has 13 heavy (non-hydrogen) atoms. The fraction of sp³-hybridized carbons (Fsp3) is 0.364. The smallest absolute Gasteiger partial charge is 0.0666 e. The topological polar surface area (TPSA) is 17.8 Å². The zero-order chi connectivity index (χ0) is 9.26. The van der Waals surface area contributed by atoms with Crippen molar-refractivity contribution in [2.75, 3.05) is 0 Å². The van der Waals surface area contributed by atoms with E-state index in [0.717, 1.165) is 6.42 Å². The lowest BCUT2D eigenvalue weighted by atomic mass is 10.2. The summed E-state index contributed by atoms with van der Waals surface area (Å²) in [4.78, 5) is 4.13. The third kappa shape index (κ3) is 1.32. The Hall–Kier alpha value is -1.31. The van der Waals surface area contributed by atoms with E-state index in [1.54, 1.807) is 0 Å². The van der Waals surface area contributed by atoms with E-state index < -0.39 is 0 Å². The van der Waals surface area contributed by atoms with Crippen LogP contribution >= 0.6 is 0 Å². The van der Waals surface area contributed by atoms with Gasteiger partial charge in [0.25, 0.3) is 0 Å². The number of hydrogen-bond donors (Lipinski definition) is 0. The van der Waals surface area contributed by atoms with Crippen molar-refractivity contribution in [1.82, 2.24) is 9.55 Å². The average molecular weight is 174 g/mol. The first kappa shape index (κ1) is 8.30. The summed E-state index contributed by atoms with van der Waals surface area (Å²) in [5.41, 5.74) is 2.62. The molecule has 0 amide bonds. The van der Waals surface area contributed by atoms with E-state index >= 15 is 0 Å². The zero-order valence-electron chi connectivity index (χ0n) is 8.12. The van der Waals surface area contributed by atoms with Gasteiger partial charge in [-0.2, -0.15) is 0 Å². The van der Waals surface area contributed by atoms with Gasteiger partial charge in [0.05, 0.1) is 11.7 Å². The summed E-state index contributed by atoms with van der Waals surface area (Å²) in [6.07, 6.45) is 6.11. The molecular formula is C11H14N2. The zero-order valence-corrected chi connectivity index (χ0v) is 8.12. The molecule has 0 saturated heterocycles. The molecule has 0 fully saturated rings. The summed E-state index contributed by atoms with van der Waals surface area (Å²) in [5.74, 6) is 0. The van der Waals surface area contributed by atoms with Gasteiger partial charge in [-0.05, 0) is 18.6 Å². The number of pyridine rings is 1. The van der Waals surface area contributed by atoms with Crippen molar-refractivity contribution in [2.24, 2.45) is 7.05 Å². The molecule has 0 aliphatic carbocycles. The van der Waals surface area contributed by atoms with Crippen LogP contribution in [0.1, 0.15) is 19.0 Å². The third-order valence-corrected chi connectivity index (χ3v) is 2.45. The standard InChI is InChI=1S/C11H14N2/c1-3-4-10-7-9-5-6-12-8-11(9)13(10)2/h5-8H,3-4H2,1-2H3. The van der Waals surface area contributed by atoms with Gasteiger partial charge in [-0.3, -0.25) is 4.98 Å². The first-order valence-electron chi connectivity index (χ1n) is 4.71. The lowest BCUT2D eigenvalue weighted by Gasteiger charge is -2.00. The van der Waals surface area contributed by atoms with Crippen LogP contribution in [0.3, 0.4) is 0 Å². The summed E-state index contributed by atoms with van der Waals surface area (Å²) >= 11 is 0. The molecule has 68 valence electrons. The first-order chi connectivity index (χ1) is 6.33. The van der Waals surface area contributed by atoms with Gasteiger partial charge in [-0.15, -0.1) is 0 Å². The van der Waals surface area contributed by atoms with Crippen molar-refractivity contribution in [3.63, 3.8) is 0 Å². The fourth-order valence-electron chi connectivity index (χ4n) is 1.73. The minimum Gasteiger partial charge on any atom is -0.346 e. The molecule has 0 aromatic carbocycles. The molecule has 2 heterocycles. The Morgan fingerprint density at radius 2 is 2.31 bits per heavy atom. The maximum absolute atomic E-state index is 4.13. The largest absolute Gasteiger partial charge is 0.346 e. The van der Waals surface area contributed by atoms with Crippen molar-refractivity contribution in [1.29, 1.82) is 0 Å². The maximum atomic E-state index is 4.13. The van der Waals surface area contributed by atoms with Crippen LogP contribution in [0.2, 0.25) is 0 Å². The Kier molecular flexibility index (Phi) is 2.05. The van der Waals surface area contributed by atoms with Gasteiger partial charge >= 0.3 is 0 Å². The van der Waals surface area contributed by atoms with Gasteiger partial charge in [-0.25, -0.2) is 0 Å². The van der Waals surface area contributed by atoms with Crippen LogP contribution in [0.25, 0.3) is 10.9 Å². The molecule has 0 N–H and O–H groups in total. The van der Waals surface area contributed by atoms with Crippen molar-refractivity contribution >= 4 is 10.9 Å². The van der Waals surface area contributed by atoms with Crippen molar-refractivity contribution in [2.45, 2.75) is 19.8 Å². The van der Waals surface area contributed by atoms with E-state index in [2.05, 4.69) is 35.7 Å². The van der Waals surface area contributed by atoms with Crippen LogP contribution in [-0.4, -0.2) is 9.55 Å². The van der Waals surface area contributed by atoms with Crippen LogP contribution in [0, 0.1) is 0 Å². The second kappa shape index (κ2) is 3.21. The third-order valence-electron chi connectivity index (χ3n) is 2.45. The van der Waals surface area contributed by atoms with E-state index in [9.17, 15) is 0 Å². The molecular weight excluding hydrogens is 160 g/mol. The van der Waals surface area contributed by atoms with Gasteiger partial charge in [-0.1, -0.05) is 13.3 Å². The summed E-state index contributed by atoms with van der Waals surface area (Å²) in [7, 11) is 2.11. The van der Waals surface area contributed by atoms with Crippen LogP contribution in [0.4, 0.5) is 0 Å². The highest BCUT2D eigenvalue weighted by Crippen LogP contribution is 2.17. The van der Waals surface area contributed by atoms with E-state index in [1.165, 1.54) is 23.0 Å². The Bertz CT molecular complexity index is 415. The average Bonchev–Trinajstić information content (AvgIpc) is 2.46. The lowest BCUT2D eigenvalue weighted by Crippen LogP contribution is -1.94. The fourth-order valence-corrected chi connectivity index (χ4v) is 1.73. The molecule has 0 spiro atoms. The summed E-state index contributed by atoms with van der Waals surface area (Å²) in [5, 5.41) is 1.29. The highest BCUT2D eigenvalue weighted by atomic mass is 15.0. The molecule has 2 rings (SSSR count). The molecule has 0 saturated carbocycles. The van der Waals surface area contributed by atoms with E-state index in [0.29, 0.717) is 0 Å². The number of nitrogens with zero attached hydrogens (tertiary/aromatic N) is 2. The summed E-state index contributed by atoms with van der Waals surface area (Å²) in [6, 6.07) is 4.31. The van der Waals surface area contributed by atoms with Gasteiger partial charge in [0.15, 0.2) is 0 Å². The van der Waals surface area contributed by atoms with Crippen molar-refractivity contribution < 1.29 is 0 Å². The molecule has 0 bridgehead atoms. The van der Waals surface area contributed by atoms with Gasteiger partial charge in [0.2, 0.25) is 0 Å². The van der Waals surface area contributed by atoms with Gasteiger partial charge < -0.3 is 4.57 Å². The molecule has 0 unspecified atom stereocenters. The van der Waals surface area contributed by atoms with Crippen molar-refractivity contribution in [3.8, 4) is 0 Å². The van der Waals surface area contributed by atoms with Crippen LogP contribution in [0.5, 0.6) is 0 Å². The molecule has 2 nitrogen and oxygen atoms in total. The molecule has 0 radical (unpaired) electrons. The summed E-state index contributed by atoms with van der Waals surface area (Å²) in [6.45, 7) is 2.20. The number of hydrogen-bond acceptors (Lipinski definition) is 1. The predicted molar refractivity (Wildman–Crippen MR) is 54.7 cm³/mol. The highest BCUT2D eigenvalue weighted by Gasteiger charge is 2.03. The molecule has 0 aliphatic heterocycles. The molecule has 2 aromatic rings. The number of aryl methyl sites for hydroxylation is 2. The van der Waals surface area contributed by atoms with Crippen LogP contribution in [-0.2, 0) is 13.5 Å². The monoisotopic (exact) mass is 174 g/mol. The lowest BCUT2D eigenvalue weighted by molar-refractivity contribution is 0.804. The Morgan fingerprint density at radius 1 is 1.46 bits per heavy atom. The molecule has 2 aromatic heterocycles.